The molecule has 10 heteroatoms. The molecule has 7 nitrogen and oxygen atoms in total. The van der Waals surface area contributed by atoms with Crippen molar-refractivity contribution >= 4 is 55.1 Å². The molecule has 1 aliphatic rings. The fourth-order valence-electron chi connectivity index (χ4n) is 4.94. The normalized spacial score (nSPS) is 14.7. The Morgan fingerprint density at radius 1 is 0.976 bits per heavy atom. The van der Waals surface area contributed by atoms with Gasteiger partial charge in [0, 0.05) is 17.1 Å². The van der Waals surface area contributed by atoms with Crippen molar-refractivity contribution in [3.63, 3.8) is 0 Å². The zero-order valence-electron chi connectivity index (χ0n) is 23.2. The number of nitrogens with zero attached hydrogens (tertiary/aromatic N) is 2. The maximum atomic E-state index is 14.1. The number of anilines is 1. The molecule has 2 amide bonds. The van der Waals surface area contributed by atoms with Crippen molar-refractivity contribution in [2.45, 2.75) is 69.5 Å². The minimum absolute atomic E-state index is 0.0402. The lowest BCUT2D eigenvalue weighted by Gasteiger charge is -2.33. The van der Waals surface area contributed by atoms with Gasteiger partial charge in [0.1, 0.15) is 12.6 Å². The predicted octanol–water partition coefficient (Wildman–Crippen LogP) is 6.47. The number of carbonyl (C=O) groups is 2. The zero-order valence-corrected chi connectivity index (χ0v) is 26.4. The highest BCUT2D eigenvalue weighted by atomic mass is 79.9. The summed E-state index contributed by atoms with van der Waals surface area (Å²) in [6, 6.07) is 19.7. The second-order valence-corrected chi connectivity index (χ2v) is 13.6. The molecule has 0 heterocycles. The molecule has 3 aromatic rings. The summed E-state index contributed by atoms with van der Waals surface area (Å²) in [6.45, 7) is 3.15. The fourth-order valence-corrected chi connectivity index (χ4v) is 6.93. The van der Waals surface area contributed by atoms with Crippen molar-refractivity contribution < 1.29 is 18.0 Å². The van der Waals surface area contributed by atoms with Crippen LogP contribution in [0.15, 0.2) is 82.2 Å². The van der Waals surface area contributed by atoms with E-state index in [1.54, 1.807) is 43.3 Å². The van der Waals surface area contributed by atoms with Gasteiger partial charge in [-0.2, -0.15) is 0 Å². The molecular weight excluding hydrogens is 626 g/mol. The van der Waals surface area contributed by atoms with E-state index in [2.05, 4.69) is 21.2 Å². The number of para-hydroxylation sites is 1. The van der Waals surface area contributed by atoms with Gasteiger partial charge < -0.3 is 10.2 Å². The van der Waals surface area contributed by atoms with Crippen molar-refractivity contribution in [3.8, 4) is 0 Å². The van der Waals surface area contributed by atoms with Gasteiger partial charge in [-0.05, 0) is 68.7 Å². The van der Waals surface area contributed by atoms with Gasteiger partial charge in [0.2, 0.25) is 11.8 Å². The van der Waals surface area contributed by atoms with E-state index in [9.17, 15) is 18.0 Å². The number of rotatable bonds is 10. The highest BCUT2D eigenvalue weighted by Gasteiger charge is 2.34. The minimum atomic E-state index is -4.17. The van der Waals surface area contributed by atoms with Crippen molar-refractivity contribution in [1.82, 2.24) is 10.2 Å². The maximum Gasteiger partial charge on any atom is 0.264 e. The first kappa shape index (κ1) is 31.1. The summed E-state index contributed by atoms with van der Waals surface area (Å²) in [7, 11) is -4.17. The molecule has 3 aromatic carbocycles. The molecule has 1 N–H and O–H groups in total. The van der Waals surface area contributed by atoms with E-state index in [-0.39, 0.29) is 34.1 Å². The lowest BCUT2D eigenvalue weighted by Crippen LogP contribution is -2.53. The number of hydrogen-bond donors (Lipinski definition) is 1. The van der Waals surface area contributed by atoms with Crippen LogP contribution in [0.5, 0.6) is 0 Å². The number of nitrogens with one attached hydrogen (secondary N) is 1. The smallest absolute Gasteiger partial charge is 0.264 e. The van der Waals surface area contributed by atoms with Crippen LogP contribution in [0, 0.1) is 6.92 Å². The third kappa shape index (κ3) is 7.90. The Balaban J connectivity index is 1.68. The van der Waals surface area contributed by atoms with E-state index in [0.717, 1.165) is 52.0 Å². The Morgan fingerprint density at radius 2 is 1.61 bits per heavy atom. The molecule has 1 aliphatic carbocycles. The molecule has 4 rings (SSSR count). The van der Waals surface area contributed by atoms with Gasteiger partial charge in [-0.15, -0.1) is 0 Å². The van der Waals surface area contributed by atoms with Crippen LogP contribution in [0.4, 0.5) is 5.69 Å². The Bertz CT molecular complexity index is 1460. The van der Waals surface area contributed by atoms with Crippen LogP contribution >= 0.6 is 27.5 Å². The topological polar surface area (TPSA) is 86.8 Å². The monoisotopic (exact) mass is 659 g/mol. The van der Waals surface area contributed by atoms with Crippen LogP contribution in [0.1, 0.15) is 50.2 Å². The van der Waals surface area contributed by atoms with Crippen LogP contribution in [0.25, 0.3) is 0 Å². The molecule has 1 atom stereocenters. The molecule has 218 valence electrons. The second kappa shape index (κ2) is 13.9. The van der Waals surface area contributed by atoms with Crippen LogP contribution in [0.2, 0.25) is 5.02 Å². The van der Waals surface area contributed by atoms with Crippen LogP contribution < -0.4 is 9.62 Å². The van der Waals surface area contributed by atoms with Gasteiger partial charge in [0.15, 0.2) is 0 Å². The van der Waals surface area contributed by atoms with Crippen molar-refractivity contribution in [3.05, 3.63) is 93.4 Å². The molecule has 1 fully saturated rings. The zero-order chi connectivity index (χ0) is 29.6. The van der Waals surface area contributed by atoms with Crippen LogP contribution in [0.3, 0.4) is 0 Å². The van der Waals surface area contributed by atoms with E-state index in [1.165, 1.54) is 17.0 Å². The van der Waals surface area contributed by atoms with Crippen LogP contribution in [-0.2, 0) is 26.2 Å². The molecule has 0 aliphatic heterocycles. The van der Waals surface area contributed by atoms with Gasteiger partial charge in [-0.25, -0.2) is 8.42 Å². The largest absolute Gasteiger partial charge is 0.352 e. The molecule has 1 saturated carbocycles. The lowest BCUT2D eigenvalue weighted by atomic mass is 9.95. The van der Waals surface area contributed by atoms with E-state index in [1.807, 2.05) is 31.2 Å². The second-order valence-electron chi connectivity index (χ2n) is 10.4. The molecule has 0 radical (unpaired) electrons. The quantitative estimate of drug-likeness (QED) is 0.270. The summed E-state index contributed by atoms with van der Waals surface area (Å²) in [6.07, 6.45) is 5.10. The summed E-state index contributed by atoms with van der Waals surface area (Å²) in [5.74, 6) is -0.775. The average molecular weight is 661 g/mol. The van der Waals surface area contributed by atoms with E-state index in [0.29, 0.717) is 0 Å². The number of amides is 2. The highest BCUT2D eigenvalue weighted by molar-refractivity contribution is 9.10. The third-order valence-electron chi connectivity index (χ3n) is 7.39. The third-order valence-corrected chi connectivity index (χ3v) is 10.0. The molecule has 0 saturated heterocycles. The number of halogens is 2. The van der Waals surface area contributed by atoms with Gasteiger partial charge in [-0.1, -0.05) is 88.8 Å². The van der Waals surface area contributed by atoms with E-state index >= 15 is 0 Å². The van der Waals surface area contributed by atoms with Crippen molar-refractivity contribution in [2.24, 2.45) is 0 Å². The first-order valence-electron chi connectivity index (χ1n) is 13.7. The number of benzene rings is 3. The van der Waals surface area contributed by atoms with Gasteiger partial charge in [0.25, 0.3) is 10.0 Å². The first-order valence-corrected chi connectivity index (χ1v) is 16.4. The standard InChI is InChI=1S/C31H35BrClN3O4S/c1-22-12-18-27(19-13-22)41(39,40)36(29-11-7-6-10-28(29)33)21-30(37)35(20-24-14-16-25(32)17-15-24)23(2)31(38)34-26-8-4-3-5-9-26/h6-7,10-19,23,26H,3-5,8-9,20-21H2,1-2H3,(H,34,38). The summed E-state index contributed by atoms with van der Waals surface area (Å²) >= 11 is 9.90. The molecule has 0 bridgehead atoms. The summed E-state index contributed by atoms with van der Waals surface area (Å²) < 4.78 is 29.8. The van der Waals surface area contributed by atoms with Crippen molar-refractivity contribution in [2.75, 3.05) is 10.8 Å². The average Bonchev–Trinajstić information content (AvgIpc) is 2.96. The number of sulfonamides is 1. The molecule has 0 spiro atoms. The Labute approximate surface area is 256 Å². The minimum Gasteiger partial charge on any atom is -0.352 e. The molecule has 1 unspecified atom stereocenters. The van der Waals surface area contributed by atoms with E-state index < -0.39 is 28.5 Å². The molecule has 41 heavy (non-hydrogen) atoms. The van der Waals surface area contributed by atoms with E-state index in [4.69, 9.17) is 11.6 Å². The number of aryl methyl sites for hydroxylation is 1. The Morgan fingerprint density at radius 3 is 2.24 bits per heavy atom. The first-order chi connectivity index (χ1) is 19.6. The maximum absolute atomic E-state index is 14.1. The Kier molecular flexibility index (Phi) is 10.5. The lowest BCUT2D eigenvalue weighted by molar-refractivity contribution is -0.139. The van der Waals surface area contributed by atoms with Crippen molar-refractivity contribution in [1.29, 1.82) is 0 Å². The van der Waals surface area contributed by atoms with Gasteiger partial charge in [-0.3, -0.25) is 13.9 Å². The molecule has 0 aromatic heterocycles. The van der Waals surface area contributed by atoms with Gasteiger partial charge in [0.05, 0.1) is 15.6 Å². The summed E-state index contributed by atoms with van der Waals surface area (Å²) in [5.41, 5.74) is 1.90. The van der Waals surface area contributed by atoms with Gasteiger partial charge >= 0.3 is 0 Å². The fraction of sp³-hybridized carbons (Fsp3) is 0.355. The Hall–Kier alpha value is -2.88. The molecular formula is C31H35BrClN3O4S. The number of carbonyl (C=O) groups excluding carboxylic acids is 2. The highest BCUT2D eigenvalue weighted by Crippen LogP contribution is 2.31. The summed E-state index contributed by atoms with van der Waals surface area (Å²) in [5, 5.41) is 3.30. The number of hydrogen-bond acceptors (Lipinski definition) is 4. The SMILES string of the molecule is Cc1ccc(S(=O)(=O)N(CC(=O)N(Cc2ccc(Br)cc2)C(C)C(=O)NC2CCCCC2)c2ccccc2Cl)cc1. The van der Waals surface area contributed by atoms with Crippen LogP contribution in [-0.4, -0.2) is 43.8 Å². The summed E-state index contributed by atoms with van der Waals surface area (Å²) in [4.78, 5) is 28.9. The predicted molar refractivity (Wildman–Crippen MR) is 166 cm³/mol.